The Balaban J connectivity index is 2.21. The van der Waals surface area contributed by atoms with Crippen LogP contribution >= 0.6 is 0 Å². The van der Waals surface area contributed by atoms with Gasteiger partial charge in [0.1, 0.15) is 0 Å². The number of hydrogen-bond acceptors (Lipinski definition) is 2. The highest BCUT2D eigenvalue weighted by atomic mass is 19.1. The summed E-state index contributed by atoms with van der Waals surface area (Å²) in [4.78, 5) is 0. The Labute approximate surface area is 121 Å². The Morgan fingerprint density at radius 3 is 2.85 bits per heavy atom. The predicted molar refractivity (Wildman–Crippen MR) is 80.5 cm³/mol. The van der Waals surface area contributed by atoms with E-state index in [4.69, 9.17) is 4.74 Å². The fourth-order valence-electron chi connectivity index (χ4n) is 2.85. The van der Waals surface area contributed by atoms with Gasteiger partial charge in [-0.25, -0.2) is 4.39 Å². The van der Waals surface area contributed by atoms with Crippen LogP contribution in [0.25, 0.3) is 0 Å². The van der Waals surface area contributed by atoms with Crippen molar-refractivity contribution in [3.8, 4) is 5.75 Å². The number of benzene rings is 1. The van der Waals surface area contributed by atoms with Gasteiger partial charge in [0.25, 0.3) is 0 Å². The second-order valence-electron chi connectivity index (χ2n) is 5.29. The molecule has 0 radical (unpaired) electrons. The molecule has 0 spiro atoms. The molecule has 1 aromatic rings. The molecule has 1 aliphatic rings. The summed E-state index contributed by atoms with van der Waals surface area (Å²) in [5.74, 6) is 0.0837. The van der Waals surface area contributed by atoms with Crippen LogP contribution in [0.5, 0.6) is 5.75 Å². The minimum Gasteiger partial charge on any atom is -0.494 e. The van der Waals surface area contributed by atoms with Crippen molar-refractivity contribution in [3.63, 3.8) is 0 Å². The van der Waals surface area contributed by atoms with Gasteiger partial charge >= 0.3 is 0 Å². The molecule has 0 bridgehead atoms. The van der Waals surface area contributed by atoms with E-state index in [1.54, 1.807) is 6.07 Å². The number of halogens is 1. The Morgan fingerprint density at radius 2 is 2.20 bits per heavy atom. The van der Waals surface area contributed by atoms with E-state index in [2.05, 4.69) is 18.3 Å². The van der Waals surface area contributed by atoms with Crippen molar-refractivity contribution in [3.05, 3.63) is 41.2 Å². The number of rotatable bonds is 6. The Bertz CT molecular complexity index is 470. The summed E-state index contributed by atoms with van der Waals surface area (Å²) < 4.78 is 19.5. The van der Waals surface area contributed by atoms with E-state index in [0.717, 1.165) is 25.8 Å². The average Bonchev–Trinajstić information content (AvgIpc) is 2.48. The third kappa shape index (κ3) is 3.60. The molecule has 1 unspecified atom stereocenters. The molecule has 20 heavy (non-hydrogen) atoms. The van der Waals surface area contributed by atoms with Gasteiger partial charge in [0, 0.05) is 11.6 Å². The Morgan fingerprint density at radius 1 is 1.35 bits per heavy atom. The number of nitrogens with one attached hydrogen (secondary N) is 1. The normalized spacial score (nSPS) is 16.6. The molecule has 3 heteroatoms. The van der Waals surface area contributed by atoms with Crippen molar-refractivity contribution < 1.29 is 9.13 Å². The molecule has 0 aromatic heterocycles. The minimum atomic E-state index is -0.239. The van der Waals surface area contributed by atoms with E-state index < -0.39 is 0 Å². The lowest BCUT2D eigenvalue weighted by molar-refractivity contribution is 0.379. The number of methoxy groups -OCH3 is 1. The van der Waals surface area contributed by atoms with Crippen LogP contribution in [0.15, 0.2) is 29.8 Å². The molecule has 1 aromatic carbocycles. The predicted octanol–water partition coefficient (Wildman–Crippen LogP) is 4.38. The highest BCUT2D eigenvalue weighted by Crippen LogP contribution is 2.31. The third-order valence-corrected chi connectivity index (χ3v) is 3.89. The van der Waals surface area contributed by atoms with Crippen LogP contribution in [0.4, 0.5) is 4.39 Å². The van der Waals surface area contributed by atoms with Gasteiger partial charge in [0.15, 0.2) is 11.6 Å². The quantitative estimate of drug-likeness (QED) is 0.779. The Kier molecular flexibility index (Phi) is 5.60. The summed E-state index contributed by atoms with van der Waals surface area (Å²) in [5, 5.41) is 3.40. The van der Waals surface area contributed by atoms with Gasteiger partial charge in [-0.2, -0.15) is 0 Å². The second-order valence-corrected chi connectivity index (χ2v) is 5.29. The molecular weight excluding hydrogens is 253 g/mol. The van der Waals surface area contributed by atoms with Crippen molar-refractivity contribution in [2.45, 2.75) is 45.1 Å². The zero-order chi connectivity index (χ0) is 14.4. The fraction of sp³-hybridized carbons (Fsp3) is 0.529. The van der Waals surface area contributed by atoms with Gasteiger partial charge in [0.05, 0.1) is 7.11 Å². The molecule has 0 saturated carbocycles. The third-order valence-electron chi connectivity index (χ3n) is 3.89. The molecule has 2 nitrogen and oxygen atoms in total. The highest BCUT2D eigenvalue weighted by Gasteiger charge is 2.19. The van der Waals surface area contributed by atoms with Gasteiger partial charge in [-0.3, -0.25) is 0 Å². The fourth-order valence-corrected chi connectivity index (χ4v) is 2.85. The van der Waals surface area contributed by atoms with E-state index in [-0.39, 0.29) is 11.9 Å². The van der Waals surface area contributed by atoms with Crippen molar-refractivity contribution >= 4 is 0 Å². The van der Waals surface area contributed by atoms with Gasteiger partial charge in [0.2, 0.25) is 0 Å². The molecule has 1 aliphatic carbocycles. The largest absolute Gasteiger partial charge is 0.494 e. The van der Waals surface area contributed by atoms with Gasteiger partial charge in [-0.15, -0.1) is 0 Å². The maximum absolute atomic E-state index is 14.4. The first-order valence-electron chi connectivity index (χ1n) is 7.50. The van der Waals surface area contributed by atoms with E-state index in [0.29, 0.717) is 11.3 Å². The molecule has 0 saturated heterocycles. The van der Waals surface area contributed by atoms with Crippen molar-refractivity contribution in [2.24, 2.45) is 0 Å². The van der Waals surface area contributed by atoms with Crippen molar-refractivity contribution in [2.75, 3.05) is 13.7 Å². The lowest BCUT2D eigenvalue weighted by Gasteiger charge is -2.23. The van der Waals surface area contributed by atoms with E-state index >= 15 is 0 Å². The SMILES string of the molecule is CCNC(CC1=CCCCC1)c1cccc(OC)c1F. The van der Waals surface area contributed by atoms with E-state index in [9.17, 15) is 4.39 Å². The van der Waals surface area contributed by atoms with E-state index in [1.807, 2.05) is 12.1 Å². The summed E-state index contributed by atoms with van der Waals surface area (Å²) in [6, 6.07) is 5.41. The molecule has 1 N–H and O–H groups in total. The van der Waals surface area contributed by atoms with Crippen LogP contribution in [-0.2, 0) is 0 Å². The van der Waals surface area contributed by atoms with Gasteiger partial charge in [-0.1, -0.05) is 30.7 Å². The first-order valence-corrected chi connectivity index (χ1v) is 7.50. The smallest absolute Gasteiger partial charge is 0.169 e. The minimum absolute atomic E-state index is 0.0273. The topological polar surface area (TPSA) is 21.3 Å². The highest BCUT2D eigenvalue weighted by molar-refractivity contribution is 5.34. The summed E-state index contributed by atoms with van der Waals surface area (Å²) in [5.41, 5.74) is 2.15. The summed E-state index contributed by atoms with van der Waals surface area (Å²) in [7, 11) is 1.51. The van der Waals surface area contributed by atoms with Crippen LogP contribution in [0.1, 0.15) is 50.6 Å². The zero-order valence-corrected chi connectivity index (χ0v) is 12.4. The summed E-state index contributed by atoms with van der Waals surface area (Å²) in [6.45, 7) is 2.88. The Hall–Kier alpha value is -1.35. The molecule has 1 atom stereocenters. The van der Waals surface area contributed by atoms with E-state index in [1.165, 1.54) is 25.5 Å². The molecule has 0 amide bonds. The molecular formula is C17H24FNO. The van der Waals surface area contributed by atoms with Crippen LogP contribution in [0.2, 0.25) is 0 Å². The first-order chi connectivity index (χ1) is 9.76. The monoisotopic (exact) mass is 277 g/mol. The summed E-state index contributed by atoms with van der Waals surface area (Å²) in [6.07, 6.45) is 8.06. The lowest BCUT2D eigenvalue weighted by atomic mass is 9.91. The molecule has 2 rings (SSSR count). The van der Waals surface area contributed by atoms with Gasteiger partial charge < -0.3 is 10.1 Å². The molecule has 110 valence electrons. The number of ether oxygens (including phenoxy) is 1. The standard InChI is InChI=1S/C17H24FNO/c1-3-19-15(12-13-8-5-4-6-9-13)14-10-7-11-16(20-2)17(14)18/h7-8,10-11,15,19H,3-6,9,12H2,1-2H3. The van der Waals surface area contributed by atoms with Crippen LogP contribution < -0.4 is 10.1 Å². The van der Waals surface area contributed by atoms with Crippen LogP contribution in [-0.4, -0.2) is 13.7 Å². The maximum Gasteiger partial charge on any atom is 0.169 e. The molecule has 0 heterocycles. The number of hydrogen-bond donors (Lipinski definition) is 1. The van der Waals surface area contributed by atoms with Crippen LogP contribution in [0.3, 0.4) is 0 Å². The zero-order valence-electron chi connectivity index (χ0n) is 12.4. The average molecular weight is 277 g/mol. The number of allylic oxidation sites excluding steroid dienone is 1. The second kappa shape index (κ2) is 7.44. The maximum atomic E-state index is 14.4. The summed E-state index contributed by atoms with van der Waals surface area (Å²) >= 11 is 0. The van der Waals surface area contributed by atoms with Crippen molar-refractivity contribution in [1.29, 1.82) is 0 Å². The van der Waals surface area contributed by atoms with Crippen LogP contribution in [0, 0.1) is 5.82 Å². The van der Waals surface area contributed by atoms with Gasteiger partial charge in [-0.05, 0) is 44.7 Å². The van der Waals surface area contributed by atoms with Crippen molar-refractivity contribution in [1.82, 2.24) is 5.32 Å². The molecule has 0 fully saturated rings. The first kappa shape index (κ1) is 15.0. The lowest BCUT2D eigenvalue weighted by Crippen LogP contribution is -2.23. The molecule has 0 aliphatic heterocycles.